The molecule has 0 aromatic heterocycles. The summed E-state index contributed by atoms with van der Waals surface area (Å²) in [5, 5.41) is 4.49. The second-order valence-electron chi connectivity index (χ2n) is 5.84. The van der Waals surface area contributed by atoms with Crippen LogP contribution in [-0.4, -0.2) is 34.8 Å². The molecule has 7 nitrogen and oxygen atoms in total. The van der Waals surface area contributed by atoms with E-state index in [2.05, 4.69) is 9.93 Å². The highest BCUT2D eigenvalue weighted by atomic mass is 17.5. The first-order valence-corrected chi connectivity index (χ1v) is 7.36. The van der Waals surface area contributed by atoms with Gasteiger partial charge in [-0.05, 0) is 38.7 Å². The summed E-state index contributed by atoms with van der Waals surface area (Å²) < 4.78 is 0. The molecule has 1 aliphatic rings. The molecule has 0 saturated carbocycles. The number of carbonyl (C=O) groups is 3. The zero-order valence-electron chi connectivity index (χ0n) is 13.5. The van der Waals surface area contributed by atoms with Crippen LogP contribution in [0.2, 0.25) is 0 Å². The van der Waals surface area contributed by atoms with E-state index in [1.807, 2.05) is 20.8 Å². The highest BCUT2D eigenvalue weighted by molar-refractivity contribution is 6.15. The van der Waals surface area contributed by atoms with Crippen LogP contribution in [0, 0.1) is 0 Å². The smallest absolute Gasteiger partial charge is 0.275 e. The summed E-state index contributed by atoms with van der Waals surface area (Å²) in [7, 11) is 0. The lowest BCUT2D eigenvalue weighted by molar-refractivity contribution is -0.517. The van der Waals surface area contributed by atoms with Crippen molar-refractivity contribution in [1.29, 1.82) is 0 Å². The predicted octanol–water partition coefficient (Wildman–Crippen LogP) is 2.07. The van der Waals surface area contributed by atoms with Gasteiger partial charge in [0.25, 0.3) is 11.8 Å². The SMILES string of the molecule is CCCC(C)(C)OOOC(=O)CCCN1C(=O)C=C(C)C1=O. The van der Waals surface area contributed by atoms with Crippen molar-refractivity contribution in [3.05, 3.63) is 11.6 Å². The second kappa shape index (κ2) is 8.05. The van der Waals surface area contributed by atoms with E-state index in [4.69, 9.17) is 4.89 Å². The fraction of sp³-hybridized carbons (Fsp3) is 0.667. The Labute approximate surface area is 130 Å². The van der Waals surface area contributed by atoms with Gasteiger partial charge in [0.05, 0.1) is 6.42 Å². The Morgan fingerprint density at radius 3 is 2.55 bits per heavy atom. The maximum atomic E-state index is 11.6. The average molecular weight is 313 g/mol. The van der Waals surface area contributed by atoms with E-state index in [1.165, 1.54) is 6.08 Å². The fourth-order valence-corrected chi connectivity index (χ4v) is 2.06. The predicted molar refractivity (Wildman–Crippen MR) is 77.0 cm³/mol. The van der Waals surface area contributed by atoms with Gasteiger partial charge in [-0.3, -0.25) is 19.4 Å². The summed E-state index contributed by atoms with van der Waals surface area (Å²) in [6, 6.07) is 0. The molecule has 0 bridgehead atoms. The van der Waals surface area contributed by atoms with Crippen LogP contribution in [0.15, 0.2) is 11.6 Å². The Balaban J connectivity index is 2.19. The van der Waals surface area contributed by atoms with Gasteiger partial charge < -0.3 is 0 Å². The van der Waals surface area contributed by atoms with E-state index < -0.39 is 11.6 Å². The third kappa shape index (κ3) is 5.57. The Bertz CT molecular complexity index is 469. The van der Waals surface area contributed by atoms with Gasteiger partial charge in [0.15, 0.2) is 0 Å². The number of carbonyl (C=O) groups excluding carboxylic acids is 3. The molecule has 1 heterocycles. The molecule has 0 aromatic rings. The van der Waals surface area contributed by atoms with Crippen LogP contribution < -0.4 is 0 Å². The first kappa shape index (κ1) is 18.3. The fourth-order valence-electron chi connectivity index (χ4n) is 2.06. The van der Waals surface area contributed by atoms with Gasteiger partial charge in [-0.15, -0.1) is 0 Å². The van der Waals surface area contributed by atoms with Crippen molar-refractivity contribution in [3.8, 4) is 0 Å². The second-order valence-corrected chi connectivity index (χ2v) is 5.84. The van der Waals surface area contributed by atoms with Crippen molar-refractivity contribution in [1.82, 2.24) is 4.90 Å². The van der Waals surface area contributed by atoms with E-state index >= 15 is 0 Å². The quantitative estimate of drug-likeness (QED) is 0.368. The molecule has 1 aliphatic heterocycles. The minimum Gasteiger partial charge on any atom is -0.275 e. The van der Waals surface area contributed by atoms with Crippen LogP contribution in [0.25, 0.3) is 0 Å². The van der Waals surface area contributed by atoms with Gasteiger partial charge in [0.2, 0.25) is 0 Å². The maximum absolute atomic E-state index is 11.6. The number of hydrogen-bond donors (Lipinski definition) is 0. The molecule has 0 radical (unpaired) electrons. The number of nitrogens with zero attached hydrogens (tertiary/aromatic N) is 1. The molecule has 0 saturated heterocycles. The van der Waals surface area contributed by atoms with Gasteiger partial charge in [0.1, 0.15) is 5.60 Å². The lowest BCUT2D eigenvalue weighted by Crippen LogP contribution is -2.32. The van der Waals surface area contributed by atoms with E-state index in [0.717, 1.165) is 17.7 Å². The summed E-state index contributed by atoms with van der Waals surface area (Å²) in [5.74, 6) is -1.29. The summed E-state index contributed by atoms with van der Waals surface area (Å²) >= 11 is 0. The van der Waals surface area contributed by atoms with Crippen molar-refractivity contribution in [3.63, 3.8) is 0 Å². The molecular formula is C15H23NO6. The summed E-state index contributed by atoms with van der Waals surface area (Å²) in [4.78, 5) is 45.2. The molecule has 7 heteroatoms. The van der Waals surface area contributed by atoms with Gasteiger partial charge in [0, 0.05) is 18.2 Å². The van der Waals surface area contributed by atoms with Crippen molar-refractivity contribution in [2.24, 2.45) is 0 Å². The van der Waals surface area contributed by atoms with Crippen LogP contribution >= 0.6 is 0 Å². The first-order chi connectivity index (χ1) is 10.3. The molecule has 0 N–H and O–H groups in total. The largest absolute Gasteiger partial charge is 0.345 e. The van der Waals surface area contributed by atoms with Crippen LogP contribution in [0.1, 0.15) is 53.4 Å². The highest BCUT2D eigenvalue weighted by Crippen LogP contribution is 2.17. The monoisotopic (exact) mass is 313 g/mol. The summed E-state index contributed by atoms with van der Waals surface area (Å²) in [6.07, 6.45) is 3.28. The molecular weight excluding hydrogens is 290 g/mol. The van der Waals surface area contributed by atoms with E-state index in [1.54, 1.807) is 6.92 Å². The Kier molecular flexibility index (Phi) is 6.70. The molecule has 0 aromatic carbocycles. The molecule has 0 spiro atoms. The normalized spacial score (nSPS) is 15.3. The van der Waals surface area contributed by atoms with Gasteiger partial charge in [-0.2, -0.15) is 4.89 Å². The van der Waals surface area contributed by atoms with Crippen LogP contribution in [0.5, 0.6) is 0 Å². The van der Waals surface area contributed by atoms with Crippen molar-refractivity contribution in [2.75, 3.05) is 6.54 Å². The van der Waals surface area contributed by atoms with E-state index in [9.17, 15) is 14.4 Å². The first-order valence-electron chi connectivity index (χ1n) is 7.36. The molecule has 2 amide bonds. The van der Waals surface area contributed by atoms with Gasteiger partial charge in [-0.1, -0.05) is 13.3 Å². The molecule has 124 valence electrons. The number of hydrogen-bond acceptors (Lipinski definition) is 6. The Morgan fingerprint density at radius 1 is 1.32 bits per heavy atom. The van der Waals surface area contributed by atoms with E-state index in [-0.39, 0.29) is 24.8 Å². The maximum Gasteiger partial charge on any atom is 0.345 e. The van der Waals surface area contributed by atoms with E-state index in [0.29, 0.717) is 12.0 Å². The number of amides is 2. The Morgan fingerprint density at radius 2 is 2.00 bits per heavy atom. The highest BCUT2D eigenvalue weighted by Gasteiger charge is 2.27. The van der Waals surface area contributed by atoms with Crippen LogP contribution in [0.4, 0.5) is 0 Å². The molecule has 0 unspecified atom stereocenters. The minimum atomic E-state index is -0.615. The molecule has 0 aliphatic carbocycles. The van der Waals surface area contributed by atoms with Crippen LogP contribution in [-0.2, 0) is 29.2 Å². The zero-order valence-corrected chi connectivity index (χ0v) is 13.5. The van der Waals surface area contributed by atoms with Crippen molar-refractivity contribution in [2.45, 2.75) is 59.0 Å². The standard InChI is InChI=1S/C15H23NO6/c1-5-8-15(3,4)21-22-20-13(18)7-6-9-16-12(17)10-11(2)14(16)19/h10H,5-9H2,1-4H3. The molecule has 0 atom stereocenters. The average Bonchev–Trinajstić information content (AvgIpc) is 2.64. The summed E-state index contributed by atoms with van der Waals surface area (Å²) in [6.45, 7) is 7.41. The molecule has 22 heavy (non-hydrogen) atoms. The van der Waals surface area contributed by atoms with Crippen molar-refractivity contribution < 1.29 is 29.2 Å². The number of rotatable bonds is 9. The van der Waals surface area contributed by atoms with Crippen molar-refractivity contribution >= 4 is 17.8 Å². The summed E-state index contributed by atoms with van der Waals surface area (Å²) in [5.41, 5.74) is -0.130. The zero-order chi connectivity index (χ0) is 16.8. The lowest BCUT2D eigenvalue weighted by atomic mass is 10.0. The number of imide groups is 1. The third-order valence-electron chi connectivity index (χ3n) is 3.19. The molecule has 1 rings (SSSR count). The molecule has 0 fully saturated rings. The van der Waals surface area contributed by atoms with Crippen LogP contribution in [0.3, 0.4) is 0 Å². The van der Waals surface area contributed by atoms with Gasteiger partial charge >= 0.3 is 5.97 Å². The Hall–Kier alpha value is -1.73. The lowest BCUT2D eigenvalue weighted by Gasteiger charge is -2.20. The third-order valence-corrected chi connectivity index (χ3v) is 3.19. The van der Waals surface area contributed by atoms with Gasteiger partial charge in [-0.25, -0.2) is 4.79 Å². The minimum absolute atomic E-state index is 0.0215. The topological polar surface area (TPSA) is 82.1 Å².